The minimum absolute atomic E-state index is 0.200. The Kier molecular flexibility index (Phi) is 4.47. The van der Waals surface area contributed by atoms with E-state index in [1.807, 2.05) is 30.3 Å². The normalized spacial score (nSPS) is 12.1. The van der Waals surface area contributed by atoms with E-state index in [0.29, 0.717) is 12.2 Å². The zero-order chi connectivity index (χ0) is 16.2. The Morgan fingerprint density at radius 1 is 1.22 bits per heavy atom. The van der Waals surface area contributed by atoms with Gasteiger partial charge in [0.1, 0.15) is 11.5 Å². The number of rotatable bonds is 5. The van der Waals surface area contributed by atoms with Gasteiger partial charge in [-0.3, -0.25) is 4.21 Å². The molecule has 0 aliphatic heterocycles. The van der Waals surface area contributed by atoms with Crippen molar-refractivity contribution in [2.75, 3.05) is 11.6 Å². The summed E-state index contributed by atoms with van der Waals surface area (Å²) in [6.45, 7) is 0.417. The number of anilines is 1. The van der Waals surface area contributed by atoms with Gasteiger partial charge in [0, 0.05) is 11.9 Å². The maximum Gasteiger partial charge on any atom is 0.141 e. The number of para-hydroxylation sites is 1. The third kappa shape index (κ3) is 3.62. The van der Waals surface area contributed by atoms with E-state index in [0.717, 1.165) is 11.4 Å². The van der Waals surface area contributed by atoms with Gasteiger partial charge in [-0.2, -0.15) is 15.0 Å². The van der Waals surface area contributed by atoms with Crippen LogP contribution in [-0.2, 0) is 17.3 Å². The molecule has 3 rings (SSSR count). The van der Waals surface area contributed by atoms with Crippen molar-refractivity contribution in [2.45, 2.75) is 11.4 Å². The molecule has 1 aromatic heterocycles. The molecule has 0 saturated heterocycles. The number of nitrogens with zero attached hydrogens (tertiary/aromatic N) is 3. The largest absolute Gasteiger partial charge is 0.379 e. The van der Waals surface area contributed by atoms with Crippen LogP contribution in [0.15, 0.2) is 59.6 Å². The SMILES string of the molecule is CS(=O)c1ccc(NCc2cnn(-c3ccccc3)n2)cc1F. The molecule has 0 radical (unpaired) electrons. The number of benzene rings is 2. The third-order valence-corrected chi connectivity index (χ3v) is 4.19. The summed E-state index contributed by atoms with van der Waals surface area (Å²) in [5.41, 5.74) is 2.21. The average Bonchev–Trinajstić information content (AvgIpc) is 3.02. The average molecular weight is 330 g/mol. The van der Waals surface area contributed by atoms with Crippen LogP contribution >= 0.6 is 0 Å². The number of hydrogen-bond donors (Lipinski definition) is 1. The van der Waals surface area contributed by atoms with Crippen molar-refractivity contribution in [1.29, 1.82) is 0 Å². The molecular weight excluding hydrogens is 315 g/mol. The topological polar surface area (TPSA) is 59.8 Å². The first-order chi connectivity index (χ1) is 11.1. The molecule has 0 aliphatic rings. The predicted molar refractivity (Wildman–Crippen MR) is 87.4 cm³/mol. The van der Waals surface area contributed by atoms with Gasteiger partial charge in [-0.05, 0) is 30.3 Å². The smallest absolute Gasteiger partial charge is 0.141 e. The van der Waals surface area contributed by atoms with E-state index in [9.17, 15) is 8.60 Å². The monoisotopic (exact) mass is 330 g/mol. The van der Waals surface area contributed by atoms with Crippen LogP contribution in [0.5, 0.6) is 0 Å². The van der Waals surface area contributed by atoms with Gasteiger partial charge >= 0.3 is 0 Å². The molecule has 3 aromatic rings. The molecule has 1 heterocycles. The van der Waals surface area contributed by atoms with Gasteiger partial charge in [0.2, 0.25) is 0 Å². The molecule has 0 bridgehead atoms. The highest BCUT2D eigenvalue weighted by molar-refractivity contribution is 7.84. The van der Waals surface area contributed by atoms with Gasteiger partial charge in [0.25, 0.3) is 0 Å². The second-order valence-electron chi connectivity index (χ2n) is 4.91. The van der Waals surface area contributed by atoms with E-state index in [2.05, 4.69) is 15.5 Å². The molecular formula is C16H15FN4OS. The molecule has 1 N–H and O–H groups in total. The molecule has 0 spiro atoms. The van der Waals surface area contributed by atoms with Crippen molar-refractivity contribution < 1.29 is 8.60 Å². The first-order valence-electron chi connectivity index (χ1n) is 6.97. The molecule has 0 aliphatic carbocycles. The second-order valence-corrected chi connectivity index (χ2v) is 6.26. The van der Waals surface area contributed by atoms with E-state index < -0.39 is 16.6 Å². The van der Waals surface area contributed by atoms with Crippen LogP contribution in [0.3, 0.4) is 0 Å². The fraction of sp³-hybridized carbons (Fsp3) is 0.125. The van der Waals surface area contributed by atoms with Gasteiger partial charge in [0.15, 0.2) is 0 Å². The van der Waals surface area contributed by atoms with Crippen molar-refractivity contribution in [2.24, 2.45) is 0 Å². The summed E-state index contributed by atoms with van der Waals surface area (Å²) < 4.78 is 25.1. The van der Waals surface area contributed by atoms with Crippen LogP contribution in [0.25, 0.3) is 5.69 Å². The van der Waals surface area contributed by atoms with Crippen LogP contribution < -0.4 is 5.32 Å². The van der Waals surface area contributed by atoms with Crippen molar-refractivity contribution >= 4 is 16.5 Å². The molecule has 118 valence electrons. The lowest BCUT2D eigenvalue weighted by atomic mass is 10.3. The number of nitrogens with one attached hydrogen (secondary N) is 1. The predicted octanol–water partition coefficient (Wildman–Crippen LogP) is 2.76. The van der Waals surface area contributed by atoms with Gasteiger partial charge < -0.3 is 5.32 Å². The van der Waals surface area contributed by atoms with Crippen LogP contribution in [0.2, 0.25) is 0 Å². The molecule has 2 aromatic carbocycles. The lowest BCUT2D eigenvalue weighted by molar-refractivity contribution is 0.596. The highest BCUT2D eigenvalue weighted by Crippen LogP contribution is 2.17. The summed E-state index contributed by atoms with van der Waals surface area (Å²) in [6.07, 6.45) is 3.11. The molecule has 0 saturated carbocycles. The van der Waals surface area contributed by atoms with Gasteiger partial charge in [-0.1, -0.05) is 18.2 Å². The maximum absolute atomic E-state index is 13.8. The highest BCUT2D eigenvalue weighted by Gasteiger charge is 2.07. The zero-order valence-corrected chi connectivity index (χ0v) is 13.3. The van der Waals surface area contributed by atoms with Crippen LogP contribution in [0.4, 0.5) is 10.1 Å². The molecule has 0 fully saturated rings. The molecule has 7 heteroatoms. The van der Waals surface area contributed by atoms with E-state index in [1.54, 1.807) is 17.1 Å². The summed E-state index contributed by atoms with van der Waals surface area (Å²) in [5.74, 6) is -0.483. The Morgan fingerprint density at radius 3 is 2.70 bits per heavy atom. The fourth-order valence-electron chi connectivity index (χ4n) is 2.10. The Morgan fingerprint density at radius 2 is 2.00 bits per heavy atom. The summed E-state index contributed by atoms with van der Waals surface area (Å²) in [5, 5.41) is 11.6. The number of halogens is 1. The number of aromatic nitrogens is 3. The zero-order valence-electron chi connectivity index (χ0n) is 12.4. The second kappa shape index (κ2) is 6.70. The Hall–Kier alpha value is -2.54. The number of hydrogen-bond acceptors (Lipinski definition) is 4. The van der Waals surface area contributed by atoms with Gasteiger partial charge in [-0.15, -0.1) is 0 Å². The molecule has 5 nitrogen and oxygen atoms in total. The van der Waals surface area contributed by atoms with Crippen molar-refractivity contribution in [3.05, 3.63) is 66.2 Å². The lowest BCUT2D eigenvalue weighted by Gasteiger charge is -2.06. The molecule has 1 unspecified atom stereocenters. The fourth-order valence-corrected chi connectivity index (χ4v) is 2.69. The first-order valence-corrected chi connectivity index (χ1v) is 8.53. The van der Waals surface area contributed by atoms with Gasteiger partial charge in [0.05, 0.1) is 34.1 Å². The quantitative estimate of drug-likeness (QED) is 0.781. The van der Waals surface area contributed by atoms with E-state index in [1.165, 1.54) is 18.4 Å². The maximum atomic E-state index is 13.8. The summed E-state index contributed by atoms with van der Waals surface area (Å²) in [4.78, 5) is 1.74. The van der Waals surface area contributed by atoms with Crippen molar-refractivity contribution in [3.8, 4) is 5.69 Å². The van der Waals surface area contributed by atoms with E-state index in [4.69, 9.17) is 0 Å². The van der Waals surface area contributed by atoms with Gasteiger partial charge in [-0.25, -0.2) is 4.39 Å². The standard InChI is InChI=1S/C16H15FN4OS/c1-23(22)16-8-7-12(9-15(16)17)18-10-13-11-19-21(20-13)14-5-3-2-4-6-14/h2-9,11,18H,10H2,1H3. The molecule has 1 atom stereocenters. The Labute approximate surface area is 135 Å². The van der Waals surface area contributed by atoms with E-state index >= 15 is 0 Å². The minimum atomic E-state index is -1.34. The van der Waals surface area contributed by atoms with Crippen molar-refractivity contribution in [1.82, 2.24) is 15.0 Å². The summed E-state index contributed by atoms with van der Waals surface area (Å²) >= 11 is 0. The molecule has 0 amide bonds. The summed E-state index contributed by atoms with van der Waals surface area (Å²) in [7, 11) is -1.34. The summed E-state index contributed by atoms with van der Waals surface area (Å²) in [6, 6.07) is 14.1. The first kappa shape index (κ1) is 15.4. The highest BCUT2D eigenvalue weighted by atomic mass is 32.2. The Bertz CT molecular complexity index is 835. The van der Waals surface area contributed by atoms with Crippen LogP contribution in [0.1, 0.15) is 5.69 Å². The third-order valence-electron chi connectivity index (χ3n) is 3.24. The minimum Gasteiger partial charge on any atom is -0.379 e. The lowest BCUT2D eigenvalue weighted by Crippen LogP contribution is -2.03. The van der Waals surface area contributed by atoms with Crippen molar-refractivity contribution in [3.63, 3.8) is 0 Å². The van der Waals surface area contributed by atoms with Crippen LogP contribution in [0, 0.1) is 5.82 Å². The van der Waals surface area contributed by atoms with E-state index in [-0.39, 0.29) is 4.90 Å². The Balaban J connectivity index is 1.68. The van der Waals surface area contributed by atoms with Crippen LogP contribution in [-0.4, -0.2) is 25.5 Å². The molecule has 23 heavy (non-hydrogen) atoms.